The van der Waals surface area contributed by atoms with E-state index < -0.39 is 0 Å². The van der Waals surface area contributed by atoms with E-state index in [0.29, 0.717) is 24.6 Å². The molecule has 5 N–H and O–H groups in total. The quantitative estimate of drug-likeness (QED) is 0.672. The summed E-state index contributed by atoms with van der Waals surface area (Å²) in [4.78, 5) is 21.2. The van der Waals surface area contributed by atoms with Gasteiger partial charge in [0.1, 0.15) is 11.6 Å². The molecular weight excluding hydrogens is 232 g/mol. The van der Waals surface area contributed by atoms with Gasteiger partial charge in [-0.1, -0.05) is 0 Å². The number of nitrogens with two attached hydrogens (primary N) is 2. The molecule has 1 amide bonds. The maximum Gasteiger partial charge on any atom is 0.224 e. The van der Waals surface area contributed by atoms with Crippen LogP contribution in [0.4, 0.5) is 17.6 Å². The molecule has 18 heavy (non-hydrogen) atoms. The molecule has 1 aromatic heterocycles. The van der Waals surface area contributed by atoms with Crippen molar-refractivity contribution in [3.63, 3.8) is 0 Å². The van der Waals surface area contributed by atoms with Gasteiger partial charge in [-0.05, 0) is 13.8 Å². The maximum absolute atomic E-state index is 11.7. The summed E-state index contributed by atoms with van der Waals surface area (Å²) in [6.45, 7) is 5.86. The zero-order valence-electron chi connectivity index (χ0n) is 10.8. The van der Waals surface area contributed by atoms with Crippen molar-refractivity contribution >= 4 is 23.5 Å². The first-order valence-corrected chi connectivity index (χ1v) is 5.98. The SMILES string of the molecule is CCN(CC)C(=O)CCNc1cc(N)nc(N)n1. The normalized spacial score (nSPS) is 10.1. The second-order valence-electron chi connectivity index (χ2n) is 3.78. The largest absolute Gasteiger partial charge is 0.383 e. The minimum atomic E-state index is 0.113. The Morgan fingerprint density at radius 1 is 1.33 bits per heavy atom. The Morgan fingerprint density at radius 2 is 2.00 bits per heavy atom. The van der Waals surface area contributed by atoms with Crippen molar-refractivity contribution < 1.29 is 4.79 Å². The van der Waals surface area contributed by atoms with Crippen LogP contribution in [0.5, 0.6) is 0 Å². The fourth-order valence-electron chi connectivity index (χ4n) is 1.61. The highest BCUT2D eigenvalue weighted by Crippen LogP contribution is 2.09. The molecule has 0 fully saturated rings. The molecule has 7 nitrogen and oxygen atoms in total. The Bertz CT molecular complexity index is 384. The maximum atomic E-state index is 11.7. The van der Waals surface area contributed by atoms with Crippen LogP contribution in [-0.4, -0.2) is 40.4 Å². The lowest BCUT2D eigenvalue weighted by molar-refractivity contribution is -0.130. The summed E-state index contributed by atoms with van der Waals surface area (Å²) in [7, 11) is 0. The first kappa shape index (κ1) is 14.0. The molecule has 0 atom stereocenters. The minimum Gasteiger partial charge on any atom is -0.383 e. The molecule has 0 unspecified atom stereocenters. The molecule has 0 bridgehead atoms. The third-order valence-corrected chi connectivity index (χ3v) is 2.52. The van der Waals surface area contributed by atoms with E-state index in [1.165, 1.54) is 0 Å². The van der Waals surface area contributed by atoms with Crippen molar-refractivity contribution in [2.45, 2.75) is 20.3 Å². The minimum absolute atomic E-state index is 0.113. The lowest BCUT2D eigenvalue weighted by atomic mass is 10.3. The van der Waals surface area contributed by atoms with Gasteiger partial charge < -0.3 is 21.7 Å². The van der Waals surface area contributed by atoms with E-state index in [0.717, 1.165) is 13.1 Å². The van der Waals surface area contributed by atoms with Crippen molar-refractivity contribution in [2.24, 2.45) is 0 Å². The van der Waals surface area contributed by atoms with Crippen molar-refractivity contribution in [1.29, 1.82) is 0 Å². The molecule has 0 saturated heterocycles. The molecule has 100 valence electrons. The number of anilines is 3. The zero-order valence-corrected chi connectivity index (χ0v) is 10.8. The molecule has 1 aromatic rings. The summed E-state index contributed by atoms with van der Waals surface area (Å²) in [6, 6.07) is 1.58. The number of nitrogen functional groups attached to an aromatic ring is 2. The van der Waals surface area contributed by atoms with Gasteiger partial charge in [-0.25, -0.2) is 0 Å². The van der Waals surface area contributed by atoms with Gasteiger partial charge in [-0.3, -0.25) is 4.79 Å². The lowest BCUT2D eigenvalue weighted by Crippen LogP contribution is -2.31. The van der Waals surface area contributed by atoms with E-state index in [4.69, 9.17) is 11.5 Å². The molecule has 0 spiro atoms. The zero-order chi connectivity index (χ0) is 13.5. The fourth-order valence-corrected chi connectivity index (χ4v) is 1.61. The first-order valence-electron chi connectivity index (χ1n) is 5.98. The molecule has 0 aliphatic heterocycles. The van der Waals surface area contributed by atoms with Crippen LogP contribution in [0.15, 0.2) is 6.07 Å². The summed E-state index contributed by atoms with van der Waals surface area (Å²) in [6.07, 6.45) is 0.408. The molecule has 1 rings (SSSR count). The van der Waals surface area contributed by atoms with Crippen LogP contribution in [0.1, 0.15) is 20.3 Å². The Labute approximate surface area is 107 Å². The third-order valence-electron chi connectivity index (χ3n) is 2.52. The van der Waals surface area contributed by atoms with Crippen LogP contribution < -0.4 is 16.8 Å². The number of hydrogen-bond acceptors (Lipinski definition) is 6. The highest BCUT2D eigenvalue weighted by atomic mass is 16.2. The number of aromatic nitrogens is 2. The summed E-state index contributed by atoms with van der Waals surface area (Å²) < 4.78 is 0. The first-order chi connectivity index (χ1) is 8.56. The Hall–Kier alpha value is -2.05. The number of rotatable bonds is 6. The topological polar surface area (TPSA) is 110 Å². The smallest absolute Gasteiger partial charge is 0.224 e. The summed E-state index contributed by atoms with van der Waals surface area (Å²) in [5.74, 6) is 1.07. The predicted octanol–water partition coefficient (Wildman–Crippen LogP) is 0.311. The van der Waals surface area contributed by atoms with E-state index >= 15 is 0 Å². The van der Waals surface area contributed by atoms with Gasteiger partial charge in [-0.2, -0.15) is 9.97 Å². The van der Waals surface area contributed by atoms with Crippen LogP contribution >= 0.6 is 0 Å². The van der Waals surface area contributed by atoms with Gasteiger partial charge in [0.25, 0.3) is 0 Å². The van der Waals surface area contributed by atoms with Gasteiger partial charge in [0.2, 0.25) is 11.9 Å². The third kappa shape index (κ3) is 4.08. The van der Waals surface area contributed by atoms with E-state index in [1.54, 1.807) is 11.0 Å². The van der Waals surface area contributed by atoms with Crippen LogP contribution in [-0.2, 0) is 4.79 Å². The highest BCUT2D eigenvalue weighted by Gasteiger charge is 2.08. The summed E-state index contributed by atoms with van der Waals surface area (Å²) in [5, 5.41) is 3.00. The number of hydrogen-bond donors (Lipinski definition) is 3. The molecule has 1 heterocycles. The van der Waals surface area contributed by atoms with Gasteiger partial charge in [0.05, 0.1) is 0 Å². The van der Waals surface area contributed by atoms with E-state index in [9.17, 15) is 4.79 Å². The number of carbonyl (C=O) groups is 1. The number of carbonyl (C=O) groups excluding carboxylic acids is 1. The number of nitrogens with zero attached hydrogens (tertiary/aromatic N) is 3. The van der Waals surface area contributed by atoms with E-state index in [2.05, 4.69) is 15.3 Å². The van der Waals surface area contributed by atoms with Crippen LogP contribution in [0, 0.1) is 0 Å². The summed E-state index contributed by atoms with van der Waals surface area (Å²) >= 11 is 0. The van der Waals surface area contributed by atoms with E-state index in [-0.39, 0.29) is 11.9 Å². The van der Waals surface area contributed by atoms with Crippen molar-refractivity contribution in [3.8, 4) is 0 Å². The average molecular weight is 252 g/mol. The number of amides is 1. The van der Waals surface area contributed by atoms with Gasteiger partial charge in [0, 0.05) is 32.1 Å². The summed E-state index contributed by atoms with van der Waals surface area (Å²) in [5.41, 5.74) is 11.0. The van der Waals surface area contributed by atoms with Gasteiger partial charge >= 0.3 is 0 Å². The average Bonchev–Trinajstić information content (AvgIpc) is 2.29. The van der Waals surface area contributed by atoms with Crippen LogP contribution in [0.3, 0.4) is 0 Å². The van der Waals surface area contributed by atoms with Crippen molar-refractivity contribution in [3.05, 3.63) is 6.07 Å². The molecule has 0 aliphatic rings. The Morgan fingerprint density at radius 3 is 2.56 bits per heavy atom. The molecule has 0 saturated carbocycles. The predicted molar refractivity (Wildman–Crippen MR) is 71.9 cm³/mol. The number of nitrogens with one attached hydrogen (secondary N) is 1. The Balaban J connectivity index is 2.44. The lowest BCUT2D eigenvalue weighted by Gasteiger charge is -2.18. The van der Waals surface area contributed by atoms with Crippen molar-refractivity contribution in [2.75, 3.05) is 36.4 Å². The molecule has 0 aliphatic carbocycles. The van der Waals surface area contributed by atoms with E-state index in [1.807, 2.05) is 13.8 Å². The molecular formula is C11H20N6O. The monoisotopic (exact) mass is 252 g/mol. The molecule has 7 heteroatoms. The molecule has 0 radical (unpaired) electrons. The van der Waals surface area contributed by atoms with Gasteiger partial charge in [0.15, 0.2) is 0 Å². The second kappa shape index (κ2) is 6.63. The van der Waals surface area contributed by atoms with Crippen molar-refractivity contribution in [1.82, 2.24) is 14.9 Å². The van der Waals surface area contributed by atoms with Gasteiger partial charge in [-0.15, -0.1) is 0 Å². The van der Waals surface area contributed by atoms with Crippen LogP contribution in [0.25, 0.3) is 0 Å². The fraction of sp³-hybridized carbons (Fsp3) is 0.545. The Kier molecular flexibility index (Phi) is 5.16. The molecule has 0 aromatic carbocycles. The highest BCUT2D eigenvalue weighted by molar-refractivity contribution is 5.76. The second-order valence-corrected chi connectivity index (χ2v) is 3.78. The standard InChI is InChI=1S/C11H20N6O/c1-3-17(4-2)10(18)5-6-14-9-7-8(12)15-11(13)16-9/h7H,3-6H2,1-2H3,(H5,12,13,14,15,16). The van der Waals surface area contributed by atoms with Crippen LogP contribution in [0.2, 0.25) is 0 Å².